The van der Waals surface area contributed by atoms with Gasteiger partial charge in [0, 0.05) is 87.9 Å². The molecule has 0 radical (unpaired) electrons. The molecule has 2 aliphatic rings. The van der Waals surface area contributed by atoms with Gasteiger partial charge in [-0.05, 0) is 13.3 Å². The smallest absolute Gasteiger partial charge is 0.280 e. The summed E-state index contributed by atoms with van der Waals surface area (Å²) >= 11 is 1.40. The van der Waals surface area contributed by atoms with E-state index in [1.54, 1.807) is 44.5 Å². The maximum absolute atomic E-state index is 13.3. The number of nitrogens with one attached hydrogen (secondary N) is 1. The second-order valence-corrected chi connectivity index (χ2v) is 11.1. The number of Topliss-reactive ketones (excluding diaryl/α,β-unsaturated/α-hetero) is 1. The molecule has 11 nitrogen and oxygen atoms in total. The number of nitrogens with zero attached hydrogens (tertiary/aromatic N) is 4. The Bertz CT molecular complexity index is 1190. The van der Waals surface area contributed by atoms with E-state index in [0.29, 0.717) is 68.4 Å². The van der Waals surface area contributed by atoms with E-state index in [0.717, 1.165) is 18.0 Å². The predicted molar refractivity (Wildman–Crippen MR) is 152 cm³/mol. The van der Waals surface area contributed by atoms with Crippen LogP contribution in [0.25, 0.3) is 0 Å². The molecule has 0 bridgehead atoms. The monoisotopic (exact) mass is 571 g/mol. The quantitative estimate of drug-likeness (QED) is 0.179. The van der Waals surface area contributed by atoms with Crippen LogP contribution >= 0.6 is 11.3 Å². The highest BCUT2D eigenvalue weighted by Gasteiger charge is 2.26. The second-order valence-electron chi connectivity index (χ2n) is 10.0. The molecule has 40 heavy (non-hydrogen) atoms. The lowest BCUT2D eigenvalue weighted by molar-refractivity contribution is -0.133. The van der Waals surface area contributed by atoms with Gasteiger partial charge in [-0.3, -0.25) is 24.6 Å². The van der Waals surface area contributed by atoms with E-state index >= 15 is 0 Å². The summed E-state index contributed by atoms with van der Waals surface area (Å²) in [5.74, 6) is -0.346. The number of hydrogen-bond donors (Lipinski definition) is 1. The number of aromatic nitrogens is 1. The molecule has 4 rings (SSSR count). The lowest BCUT2D eigenvalue weighted by Crippen LogP contribution is -2.52. The van der Waals surface area contributed by atoms with E-state index in [4.69, 9.17) is 14.3 Å². The summed E-state index contributed by atoms with van der Waals surface area (Å²) in [4.78, 5) is 52.8. The number of oxime groups is 1. The molecule has 0 aliphatic carbocycles. The average Bonchev–Trinajstić information content (AvgIpc) is 3.61. The Hall–Kier alpha value is -3.19. The largest absolute Gasteiger partial charge is 0.389 e. The number of hydrogen-bond acceptors (Lipinski definition) is 10. The first-order valence-corrected chi connectivity index (χ1v) is 14.4. The number of piperazine rings is 1. The maximum Gasteiger partial charge on any atom is 0.280 e. The van der Waals surface area contributed by atoms with Crippen LogP contribution in [0.15, 0.2) is 35.6 Å². The van der Waals surface area contributed by atoms with Crippen molar-refractivity contribution >= 4 is 39.8 Å². The third-order valence-corrected chi connectivity index (χ3v) is 7.80. The van der Waals surface area contributed by atoms with E-state index in [1.165, 1.54) is 11.3 Å². The molecule has 1 N–H and O–H groups in total. The van der Waals surface area contributed by atoms with Gasteiger partial charge in [0.15, 0.2) is 22.7 Å². The Kier molecular flexibility index (Phi) is 10.8. The minimum absolute atomic E-state index is 0.0123. The number of benzene rings is 1. The first kappa shape index (κ1) is 29.8. The van der Waals surface area contributed by atoms with Crippen LogP contribution < -0.4 is 5.32 Å². The third kappa shape index (κ3) is 8.17. The summed E-state index contributed by atoms with van der Waals surface area (Å²) in [6.45, 7) is 8.14. The standard InChI is InChI=1S/C28H37N5O6S/c1-19-16-32(11-12-33(19)20(2)34)17-24-15-29-28(40-24)30-27(36)26(31-39-23-10-14-38-18-23)22-8-6-21(7-9-22)25(35)5-4-13-37-3/h6-9,15,19,23H,4-5,10-14,16-18H2,1-3H3,(H,29,30,36)/b31-26-/t19-,23-/m1/s1. The molecule has 3 heterocycles. The summed E-state index contributed by atoms with van der Waals surface area (Å²) in [6.07, 6.45) is 3.27. The molecule has 0 saturated carbocycles. The first-order valence-electron chi connectivity index (χ1n) is 13.5. The highest BCUT2D eigenvalue weighted by Crippen LogP contribution is 2.22. The summed E-state index contributed by atoms with van der Waals surface area (Å²) in [5, 5.41) is 7.50. The van der Waals surface area contributed by atoms with Gasteiger partial charge in [0.2, 0.25) is 5.91 Å². The number of carbonyl (C=O) groups is 3. The molecule has 1 aromatic heterocycles. The number of amides is 2. The number of rotatable bonds is 12. The van der Waals surface area contributed by atoms with Crippen LogP contribution in [-0.2, 0) is 30.4 Å². The zero-order chi connectivity index (χ0) is 28.5. The van der Waals surface area contributed by atoms with Crippen molar-refractivity contribution in [3.63, 3.8) is 0 Å². The van der Waals surface area contributed by atoms with Crippen LogP contribution in [0.1, 0.15) is 53.9 Å². The van der Waals surface area contributed by atoms with Crippen molar-refractivity contribution in [2.45, 2.75) is 51.8 Å². The Balaban J connectivity index is 1.41. The fourth-order valence-corrected chi connectivity index (χ4v) is 5.59. The van der Waals surface area contributed by atoms with Crippen molar-refractivity contribution < 1.29 is 28.7 Å². The normalized spacial score (nSPS) is 20.0. The minimum Gasteiger partial charge on any atom is -0.389 e. The van der Waals surface area contributed by atoms with Gasteiger partial charge in [-0.1, -0.05) is 29.4 Å². The topological polar surface area (TPSA) is 123 Å². The van der Waals surface area contributed by atoms with Crippen molar-refractivity contribution in [1.29, 1.82) is 0 Å². The van der Waals surface area contributed by atoms with E-state index < -0.39 is 5.91 Å². The molecule has 2 atom stereocenters. The molecule has 2 aliphatic heterocycles. The zero-order valence-corrected chi connectivity index (χ0v) is 24.1. The van der Waals surface area contributed by atoms with Gasteiger partial charge < -0.3 is 19.2 Å². The molecule has 2 saturated heterocycles. The van der Waals surface area contributed by atoms with Gasteiger partial charge in [-0.15, -0.1) is 11.3 Å². The first-order chi connectivity index (χ1) is 19.3. The molecule has 0 unspecified atom stereocenters. The molecule has 2 fully saturated rings. The third-order valence-electron chi connectivity index (χ3n) is 6.90. The fourth-order valence-electron chi connectivity index (χ4n) is 4.74. The summed E-state index contributed by atoms with van der Waals surface area (Å²) in [6, 6.07) is 6.94. The second kappa shape index (κ2) is 14.4. The Morgan fingerprint density at radius 1 is 1.20 bits per heavy atom. The number of methoxy groups -OCH3 is 1. The fraction of sp³-hybridized carbons (Fsp3) is 0.536. The van der Waals surface area contributed by atoms with Crippen LogP contribution in [0.2, 0.25) is 0 Å². The van der Waals surface area contributed by atoms with Gasteiger partial charge in [-0.25, -0.2) is 4.98 Å². The van der Waals surface area contributed by atoms with Crippen LogP contribution in [-0.4, -0.2) is 96.8 Å². The molecule has 12 heteroatoms. The molecule has 2 aromatic rings. The predicted octanol–water partition coefficient (Wildman–Crippen LogP) is 2.95. The summed E-state index contributed by atoms with van der Waals surface area (Å²) < 4.78 is 10.4. The van der Waals surface area contributed by atoms with Crippen LogP contribution in [0, 0.1) is 0 Å². The van der Waals surface area contributed by atoms with E-state index in [9.17, 15) is 14.4 Å². The van der Waals surface area contributed by atoms with Crippen LogP contribution in [0.3, 0.4) is 0 Å². The molecule has 2 amide bonds. The van der Waals surface area contributed by atoms with Gasteiger partial charge in [0.1, 0.15) is 0 Å². The highest BCUT2D eigenvalue weighted by atomic mass is 32.1. The number of ketones is 1. The SMILES string of the molecule is COCCCC(=O)c1ccc(/C(=N/O[C@@H]2CCOC2)C(=O)Nc2ncc(CN3CCN(C(C)=O)[C@H](C)C3)s2)cc1. The minimum atomic E-state index is -0.456. The number of anilines is 1. The van der Waals surface area contributed by atoms with Gasteiger partial charge in [-0.2, -0.15) is 0 Å². The summed E-state index contributed by atoms with van der Waals surface area (Å²) in [7, 11) is 1.61. The van der Waals surface area contributed by atoms with Crippen molar-refractivity contribution in [1.82, 2.24) is 14.8 Å². The Labute approximate surface area is 238 Å². The number of thiazole rings is 1. The van der Waals surface area contributed by atoms with Crippen molar-refractivity contribution in [2.75, 3.05) is 51.9 Å². The van der Waals surface area contributed by atoms with Crippen molar-refractivity contribution in [3.8, 4) is 0 Å². The molecular formula is C28H37N5O6S. The van der Waals surface area contributed by atoms with Gasteiger partial charge in [0.05, 0.1) is 13.2 Å². The lowest BCUT2D eigenvalue weighted by atomic mass is 10.0. The Morgan fingerprint density at radius 2 is 1.98 bits per heavy atom. The van der Waals surface area contributed by atoms with Gasteiger partial charge >= 0.3 is 0 Å². The zero-order valence-electron chi connectivity index (χ0n) is 23.3. The van der Waals surface area contributed by atoms with Gasteiger partial charge in [0.25, 0.3) is 5.91 Å². The van der Waals surface area contributed by atoms with Crippen LogP contribution in [0.5, 0.6) is 0 Å². The average molecular weight is 572 g/mol. The molecule has 216 valence electrons. The molecular weight excluding hydrogens is 534 g/mol. The highest BCUT2D eigenvalue weighted by molar-refractivity contribution is 7.15. The number of carbonyl (C=O) groups excluding carboxylic acids is 3. The Morgan fingerprint density at radius 3 is 2.65 bits per heavy atom. The molecule has 1 aromatic carbocycles. The van der Waals surface area contributed by atoms with Crippen molar-refractivity contribution in [2.24, 2.45) is 5.16 Å². The maximum atomic E-state index is 13.3. The van der Waals surface area contributed by atoms with E-state index in [-0.39, 0.29) is 29.5 Å². The van der Waals surface area contributed by atoms with E-state index in [1.807, 2.05) is 4.90 Å². The van der Waals surface area contributed by atoms with Crippen molar-refractivity contribution in [3.05, 3.63) is 46.5 Å². The molecule has 0 spiro atoms. The van der Waals surface area contributed by atoms with Crippen LogP contribution in [0.4, 0.5) is 5.13 Å². The summed E-state index contributed by atoms with van der Waals surface area (Å²) in [5.41, 5.74) is 1.18. The van der Waals surface area contributed by atoms with E-state index in [2.05, 4.69) is 27.3 Å². The number of ether oxygens (including phenoxy) is 2. The lowest BCUT2D eigenvalue weighted by Gasteiger charge is -2.39.